The lowest BCUT2D eigenvalue weighted by molar-refractivity contribution is 0.632. The molecule has 0 aromatic carbocycles. The van der Waals surface area contributed by atoms with Crippen molar-refractivity contribution in [3.63, 3.8) is 0 Å². The molecule has 4 aliphatic rings. The predicted molar refractivity (Wildman–Crippen MR) is 104 cm³/mol. The molecule has 2 saturated carbocycles. The Morgan fingerprint density at radius 3 is 1.74 bits per heavy atom. The van der Waals surface area contributed by atoms with Crippen LogP contribution in [-0.4, -0.2) is 17.1 Å². The molecule has 4 aliphatic carbocycles. The third-order valence-corrected chi connectivity index (χ3v) is 15.8. The topological polar surface area (TPSA) is 0 Å². The number of halogens is 2. The summed E-state index contributed by atoms with van der Waals surface area (Å²) in [6, 6.07) is 0. The molecule has 0 spiro atoms. The monoisotopic (exact) mass is 364 g/mol. The molecule has 0 nitrogen and oxygen atoms in total. The predicted octanol–water partition coefficient (Wildman–Crippen LogP) is 6.32. The summed E-state index contributed by atoms with van der Waals surface area (Å²) in [6.07, 6.45) is 20.6. The van der Waals surface area contributed by atoms with E-state index in [9.17, 15) is 0 Å². The van der Waals surface area contributed by atoms with E-state index in [2.05, 4.69) is 49.6 Å². The molecule has 2 fully saturated rings. The first-order valence-corrected chi connectivity index (χ1v) is 12.8. The molecule has 0 N–H and O–H groups in total. The van der Waals surface area contributed by atoms with Crippen molar-refractivity contribution in [2.45, 2.75) is 60.6 Å². The summed E-state index contributed by atoms with van der Waals surface area (Å²) < 4.78 is -0.359. The lowest BCUT2D eigenvalue weighted by Crippen LogP contribution is -2.63. The zero-order valence-electron chi connectivity index (χ0n) is 14.1. The minimum atomic E-state index is -1.98. The maximum Gasteiger partial charge on any atom is 0.106 e. The maximum atomic E-state index is 7.47. The Labute approximate surface area is 151 Å². The van der Waals surface area contributed by atoms with Crippen LogP contribution in [0.3, 0.4) is 0 Å². The molecule has 4 rings (SSSR count). The van der Waals surface area contributed by atoms with E-state index in [-0.39, 0.29) is 8.99 Å². The van der Waals surface area contributed by atoms with Crippen LogP contribution >= 0.6 is 23.2 Å². The van der Waals surface area contributed by atoms with Gasteiger partial charge in [0.25, 0.3) is 0 Å². The standard InChI is InChI=1S/C20H26Cl2Si/c1-23(2,19(21)13-11-15-7-3-5-9-17(15)19)20(22)14-12-16-8-4-6-10-18(16)20/h3-6,9-10,15-16H,7-8,11-14H2,1-2H3. The first-order valence-electron chi connectivity index (χ1n) is 9.02. The van der Waals surface area contributed by atoms with Crippen LogP contribution in [0.2, 0.25) is 13.1 Å². The van der Waals surface area contributed by atoms with Gasteiger partial charge in [-0.2, -0.15) is 0 Å². The van der Waals surface area contributed by atoms with Crippen molar-refractivity contribution in [1.82, 2.24) is 0 Å². The van der Waals surface area contributed by atoms with E-state index in [1.54, 1.807) is 0 Å². The molecule has 0 radical (unpaired) electrons. The van der Waals surface area contributed by atoms with E-state index in [0.717, 1.165) is 25.7 Å². The summed E-state index contributed by atoms with van der Waals surface area (Å²) in [4.78, 5) is 0. The number of hydrogen-bond donors (Lipinski definition) is 0. The zero-order chi connectivity index (χ0) is 16.3. The Bertz CT molecular complexity index is 588. The number of allylic oxidation sites excluding steroid dienone is 8. The highest BCUT2D eigenvalue weighted by Crippen LogP contribution is 2.61. The van der Waals surface area contributed by atoms with Gasteiger partial charge in [0.1, 0.15) is 8.07 Å². The minimum absolute atomic E-state index is 0.179. The van der Waals surface area contributed by atoms with Crippen molar-refractivity contribution in [3.8, 4) is 0 Å². The lowest BCUT2D eigenvalue weighted by Gasteiger charge is -2.50. The third-order valence-electron chi connectivity index (χ3n) is 7.12. The van der Waals surface area contributed by atoms with Gasteiger partial charge in [0.05, 0.1) is 8.99 Å². The number of alkyl halides is 2. The Morgan fingerprint density at radius 2 is 1.30 bits per heavy atom. The first-order chi connectivity index (χ1) is 10.9. The molecule has 4 unspecified atom stereocenters. The molecule has 4 atom stereocenters. The van der Waals surface area contributed by atoms with Gasteiger partial charge in [0, 0.05) is 0 Å². The second-order valence-corrected chi connectivity index (χ2v) is 15.2. The highest BCUT2D eigenvalue weighted by molar-refractivity contribution is 6.96. The zero-order valence-corrected chi connectivity index (χ0v) is 16.6. The molecular formula is C20H26Cl2Si. The fourth-order valence-electron chi connectivity index (χ4n) is 5.51. The van der Waals surface area contributed by atoms with Crippen molar-refractivity contribution in [2.75, 3.05) is 0 Å². The van der Waals surface area contributed by atoms with E-state index in [1.165, 1.54) is 24.0 Å². The average Bonchev–Trinajstić information content (AvgIpc) is 3.09. The molecule has 0 aliphatic heterocycles. The van der Waals surface area contributed by atoms with E-state index in [1.807, 2.05) is 0 Å². The summed E-state index contributed by atoms with van der Waals surface area (Å²) in [5.41, 5.74) is 2.99. The molecule has 0 saturated heterocycles. The van der Waals surface area contributed by atoms with Crippen LogP contribution in [0.4, 0.5) is 0 Å². The van der Waals surface area contributed by atoms with Crippen LogP contribution in [0.5, 0.6) is 0 Å². The van der Waals surface area contributed by atoms with Crippen molar-refractivity contribution < 1.29 is 0 Å². The fourth-order valence-corrected chi connectivity index (χ4v) is 11.5. The highest BCUT2D eigenvalue weighted by atomic mass is 35.5. The molecule has 0 aromatic rings. The normalized spacial score (nSPS) is 42.3. The van der Waals surface area contributed by atoms with Gasteiger partial charge in [-0.05, 0) is 61.5 Å². The molecule has 124 valence electrons. The van der Waals surface area contributed by atoms with Crippen LogP contribution in [0.1, 0.15) is 38.5 Å². The Balaban J connectivity index is 1.78. The van der Waals surface area contributed by atoms with E-state index in [4.69, 9.17) is 23.2 Å². The molecule has 0 bridgehead atoms. The first kappa shape index (κ1) is 16.2. The fraction of sp³-hybridized carbons (Fsp3) is 0.600. The minimum Gasteiger partial charge on any atom is -0.118 e. The van der Waals surface area contributed by atoms with Gasteiger partial charge in [-0.15, -0.1) is 23.2 Å². The smallest absolute Gasteiger partial charge is 0.106 e. The van der Waals surface area contributed by atoms with Crippen molar-refractivity contribution >= 4 is 31.3 Å². The Kier molecular flexibility index (Phi) is 3.80. The quantitative estimate of drug-likeness (QED) is 0.397. The van der Waals surface area contributed by atoms with Crippen molar-refractivity contribution in [2.24, 2.45) is 11.8 Å². The summed E-state index contributed by atoms with van der Waals surface area (Å²) in [6.45, 7) is 4.91. The summed E-state index contributed by atoms with van der Waals surface area (Å²) in [5, 5.41) is 0. The van der Waals surface area contributed by atoms with Gasteiger partial charge in [-0.25, -0.2) is 0 Å². The van der Waals surface area contributed by atoms with Crippen LogP contribution < -0.4 is 0 Å². The SMILES string of the molecule is C[Si](C)(C1(Cl)CCC2CC=CC=C21)C1(Cl)CCC2CC=CC=C21. The van der Waals surface area contributed by atoms with Crippen LogP contribution in [0.25, 0.3) is 0 Å². The van der Waals surface area contributed by atoms with Gasteiger partial charge in [-0.3, -0.25) is 0 Å². The van der Waals surface area contributed by atoms with Gasteiger partial charge >= 0.3 is 0 Å². The summed E-state index contributed by atoms with van der Waals surface area (Å²) >= 11 is 14.9. The van der Waals surface area contributed by atoms with E-state index < -0.39 is 8.07 Å². The van der Waals surface area contributed by atoms with Gasteiger partial charge < -0.3 is 0 Å². The van der Waals surface area contributed by atoms with Crippen LogP contribution in [0.15, 0.2) is 47.6 Å². The second kappa shape index (κ2) is 5.38. The summed E-state index contributed by atoms with van der Waals surface area (Å²) in [5.74, 6) is 1.31. The highest BCUT2D eigenvalue weighted by Gasteiger charge is 2.64. The lowest BCUT2D eigenvalue weighted by atomic mass is 9.94. The summed E-state index contributed by atoms with van der Waals surface area (Å²) in [7, 11) is -1.98. The van der Waals surface area contributed by atoms with Gasteiger partial charge in [0.15, 0.2) is 0 Å². The van der Waals surface area contributed by atoms with Crippen molar-refractivity contribution in [1.29, 1.82) is 0 Å². The van der Waals surface area contributed by atoms with Crippen LogP contribution in [-0.2, 0) is 0 Å². The number of rotatable bonds is 2. The van der Waals surface area contributed by atoms with Gasteiger partial charge in [-0.1, -0.05) is 49.6 Å². The molecule has 0 heterocycles. The third kappa shape index (κ3) is 2.09. The van der Waals surface area contributed by atoms with Crippen LogP contribution in [0, 0.1) is 11.8 Å². The molecular weight excluding hydrogens is 339 g/mol. The van der Waals surface area contributed by atoms with Gasteiger partial charge in [0.2, 0.25) is 0 Å². The second-order valence-electron chi connectivity index (χ2n) is 8.27. The molecule has 0 amide bonds. The molecule has 23 heavy (non-hydrogen) atoms. The van der Waals surface area contributed by atoms with Crippen molar-refractivity contribution in [3.05, 3.63) is 47.6 Å². The largest absolute Gasteiger partial charge is 0.118 e. The van der Waals surface area contributed by atoms with E-state index in [0.29, 0.717) is 11.8 Å². The average molecular weight is 365 g/mol. The Morgan fingerprint density at radius 1 is 0.870 bits per heavy atom. The number of fused-ring (bicyclic) bond motifs is 2. The molecule has 0 aromatic heterocycles. The maximum absolute atomic E-state index is 7.47. The van der Waals surface area contributed by atoms with E-state index >= 15 is 0 Å². The Hall–Kier alpha value is -0.243. The molecule has 3 heteroatoms. The number of hydrogen-bond acceptors (Lipinski definition) is 0.